The fourth-order valence-corrected chi connectivity index (χ4v) is 5.36. The molecule has 2 aromatic rings. The first-order chi connectivity index (χ1) is 14.9. The van der Waals surface area contributed by atoms with Crippen LogP contribution in [0.5, 0.6) is 0 Å². The highest BCUT2D eigenvalue weighted by Crippen LogP contribution is 2.53. The van der Waals surface area contributed by atoms with Crippen molar-refractivity contribution < 1.29 is 9.59 Å². The standard InChI is InChI=1S/C24H33N5O2/c1-16(2)9-11-24(23(31)26-12-10-18-14-25-15-27-18)13-19-7-8-21(24)29(19)22(30)20-6-4-5-17(3)28-20/h4-6,14-16,19,21H,7-13H2,1-3H3,(H,25,27)(H,26,31)/t19-,21+,24+/m1/s1. The number of aryl methyl sites for hydroxylation is 1. The van der Waals surface area contributed by atoms with E-state index in [1.54, 1.807) is 18.6 Å². The van der Waals surface area contributed by atoms with Gasteiger partial charge in [0.15, 0.2) is 0 Å². The maximum atomic E-state index is 13.6. The van der Waals surface area contributed by atoms with Gasteiger partial charge in [-0.25, -0.2) is 9.97 Å². The number of rotatable bonds is 8. The zero-order chi connectivity index (χ0) is 22.0. The summed E-state index contributed by atoms with van der Waals surface area (Å²) in [7, 11) is 0. The molecule has 7 nitrogen and oxygen atoms in total. The van der Waals surface area contributed by atoms with Crippen molar-refractivity contribution in [3.05, 3.63) is 47.8 Å². The van der Waals surface area contributed by atoms with Crippen molar-refractivity contribution in [2.75, 3.05) is 6.54 Å². The number of amides is 2. The largest absolute Gasteiger partial charge is 0.355 e. The molecule has 2 aliphatic heterocycles. The summed E-state index contributed by atoms with van der Waals surface area (Å²) in [5, 5.41) is 3.18. The van der Waals surface area contributed by atoms with Crippen molar-refractivity contribution in [2.45, 2.75) is 71.4 Å². The Morgan fingerprint density at radius 1 is 1.32 bits per heavy atom. The molecular formula is C24H33N5O2. The number of pyridine rings is 1. The van der Waals surface area contributed by atoms with Crippen LogP contribution in [0, 0.1) is 18.3 Å². The van der Waals surface area contributed by atoms with Crippen LogP contribution in [0.4, 0.5) is 0 Å². The van der Waals surface area contributed by atoms with Gasteiger partial charge in [0.05, 0.1) is 11.7 Å². The first-order valence-electron chi connectivity index (χ1n) is 11.4. The third kappa shape index (κ3) is 4.23. The Hall–Kier alpha value is -2.70. The van der Waals surface area contributed by atoms with E-state index in [2.05, 4.69) is 34.1 Å². The molecule has 4 heterocycles. The molecule has 2 amide bonds. The quantitative estimate of drug-likeness (QED) is 0.682. The van der Waals surface area contributed by atoms with E-state index in [1.807, 2.05) is 24.0 Å². The van der Waals surface area contributed by atoms with E-state index in [4.69, 9.17) is 0 Å². The van der Waals surface area contributed by atoms with Gasteiger partial charge in [-0.05, 0) is 57.1 Å². The maximum Gasteiger partial charge on any atom is 0.272 e. The number of fused-ring (bicyclic) bond motifs is 2. The number of carbonyl (C=O) groups excluding carboxylic acids is 2. The summed E-state index contributed by atoms with van der Waals surface area (Å²) in [6, 6.07) is 5.62. The van der Waals surface area contributed by atoms with Gasteiger partial charge >= 0.3 is 0 Å². The van der Waals surface area contributed by atoms with Crippen LogP contribution in [0.3, 0.4) is 0 Å². The smallest absolute Gasteiger partial charge is 0.272 e. The number of nitrogens with one attached hydrogen (secondary N) is 2. The van der Waals surface area contributed by atoms with E-state index in [1.165, 1.54) is 0 Å². The summed E-state index contributed by atoms with van der Waals surface area (Å²) in [6.07, 6.45) is 8.54. The van der Waals surface area contributed by atoms with E-state index in [0.717, 1.165) is 49.9 Å². The SMILES string of the molecule is Cc1cccc(C(=O)N2[C@@H]3CC[C@H]2[C@@](CCC(C)C)(C(=O)NCCc2cnc[nH]2)C3)n1. The van der Waals surface area contributed by atoms with Gasteiger partial charge in [0, 0.05) is 42.6 Å². The van der Waals surface area contributed by atoms with Crippen molar-refractivity contribution >= 4 is 11.8 Å². The molecule has 0 aliphatic carbocycles. The minimum absolute atomic E-state index is 0.0344. The first-order valence-corrected chi connectivity index (χ1v) is 11.4. The van der Waals surface area contributed by atoms with Gasteiger partial charge in [0.1, 0.15) is 5.69 Å². The topological polar surface area (TPSA) is 91.0 Å². The van der Waals surface area contributed by atoms with Crippen LogP contribution in [0.15, 0.2) is 30.7 Å². The highest BCUT2D eigenvalue weighted by molar-refractivity contribution is 5.95. The number of imidazole rings is 1. The van der Waals surface area contributed by atoms with Crippen molar-refractivity contribution in [3.8, 4) is 0 Å². The second-order valence-electron chi connectivity index (χ2n) is 9.50. The van der Waals surface area contributed by atoms with Gasteiger partial charge in [-0.3, -0.25) is 9.59 Å². The molecule has 0 unspecified atom stereocenters. The molecule has 7 heteroatoms. The van der Waals surface area contributed by atoms with Crippen LogP contribution in [0.2, 0.25) is 0 Å². The highest BCUT2D eigenvalue weighted by atomic mass is 16.2. The number of carbonyl (C=O) groups is 2. The minimum atomic E-state index is -0.513. The number of aromatic nitrogens is 3. The fraction of sp³-hybridized carbons (Fsp3) is 0.583. The average Bonchev–Trinajstić information content (AvgIpc) is 3.47. The lowest BCUT2D eigenvalue weighted by Gasteiger charge is -2.36. The first kappa shape index (κ1) is 21.5. The zero-order valence-corrected chi connectivity index (χ0v) is 18.7. The Morgan fingerprint density at radius 3 is 2.87 bits per heavy atom. The molecule has 2 aliphatic rings. The Bertz CT molecular complexity index is 926. The Balaban J connectivity index is 1.54. The van der Waals surface area contributed by atoms with Gasteiger partial charge in [0.2, 0.25) is 5.91 Å². The molecule has 0 saturated carbocycles. The summed E-state index contributed by atoms with van der Waals surface area (Å²) in [5.74, 6) is 0.569. The summed E-state index contributed by atoms with van der Waals surface area (Å²) in [5.41, 5.74) is 1.81. The highest BCUT2D eigenvalue weighted by Gasteiger charge is 2.60. The Morgan fingerprint density at radius 2 is 2.16 bits per heavy atom. The van der Waals surface area contributed by atoms with Gasteiger partial charge in [0.25, 0.3) is 5.91 Å². The molecule has 0 spiro atoms. The van der Waals surface area contributed by atoms with Crippen LogP contribution < -0.4 is 5.32 Å². The van der Waals surface area contributed by atoms with Gasteiger partial charge in [-0.1, -0.05) is 19.9 Å². The lowest BCUT2D eigenvalue weighted by molar-refractivity contribution is -0.133. The predicted molar refractivity (Wildman–Crippen MR) is 118 cm³/mol. The molecule has 2 fully saturated rings. The lowest BCUT2D eigenvalue weighted by atomic mass is 9.69. The van der Waals surface area contributed by atoms with Crippen LogP contribution in [-0.4, -0.2) is 50.3 Å². The minimum Gasteiger partial charge on any atom is -0.355 e. The summed E-state index contributed by atoms with van der Waals surface area (Å²) in [4.78, 5) is 40.5. The summed E-state index contributed by atoms with van der Waals surface area (Å²) < 4.78 is 0. The van der Waals surface area contributed by atoms with Gasteiger partial charge in [-0.2, -0.15) is 0 Å². The zero-order valence-electron chi connectivity index (χ0n) is 18.7. The monoisotopic (exact) mass is 423 g/mol. The number of hydrogen-bond acceptors (Lipinski definition) is 4. The number of nitrogens with zero attached hydrogens (tertiary/aromatic N) is 3. The van der Waals surface area contributed by atoms with Crippen molar-refractivity contribution in [2.24, 2.45) is 11.3 Å². The van der Waals surface area contributed by atoms with E-state index < -0.39 is 5.41 Å². The second-order valence-corrected chi connectivity index (χ2v) is 9.50. The van der Waals surface area contributed by atoms with Crippen LogP contribution in [0.25, 0.3) is 0 Å². The van der Waals surface area contributed by atoms with Crippen molar-refractivity contribution in [3.63, 3.8) is 0 Å². The fourth-order valence-electron chi connectivity index (χ4n) is 5.36. The lowest BCUT2D eigenvalue weighted by Crippen LogP contribution is -2.50. The van der Waals surface area contributed by atoms with Crippen molar-refractivity contribution in [1.29, 1.82) is 0 Å². The summed E-state index contributed by atoms with van der Waals surface area (Å²) >= 11 is 0. The molecule has 0 radical (unpaired) electrons. The van der Waals surface area contributed by atoms with Gasteiger partial charge in [-0.15, -0.1) is 0 Å². The summed E-state index contributed by atoms with van der Waals surface area (Å²) in [6.45, 7) is 6.85. The van der Waals surface area contributed by atoms with E-state index >= 15 is 0 Å². The van der Waals surface area contributed by atoms with E-state index in [9.17, 15) is 9.59 Å². The molecular weight excluding hydrogens is 390 g/mol. The number of hydrogen-bond donors (Lipinski definition) is 2. The third-order valence-corrected chi connectivity index (χ3v) is 6.94. The molecule has 2 N–H and O–H groups in total. The van der Waals surface area contributed by atoms with Gasteiger partial charge < -0.3 is 15.2 Å². The molecule has 31 heavy (non-hydrogen) atoms. The maximum absolute atomic E-state index is 13.6. The van der Waals surface area contributed by atoms with Crippen LogP contribution in [0.1, 0.15) is 67.8 Å². The molecule has 2 bridgehead atoms. The normalized spacial score (nSPS) is 24.7. The number of aromatic amines is 1. The molecule has 166 valence electrons. The Kier molecular flexibility index (Phi) is 6.12. The third-order valence-electron chi connectivity index (χ3n) is 6.94. The molecule has 3 atom stereocenters. The number of H-pyrrole nitrogens is 1. The predicted octanol–water partition coefficient (Wildman–Crippen LogP) is 3.27. The second kappa shape index (κ2) is 8.81. The Labute approximate surface area is 184 Å². The molecule has 0 aromatic carbocycles. The van der Waals surface area contributed by atoms with Crippen LogP contribution >= 0.6 is 0 Å². The van der Waals surface area contributed by atoms with Crippen molar-refractivity contribution in [1.82, 2.24) is 25.2 Å². The molecule has 2 saturated heterocycles. The van der Waals surface area contributed by atoms with E-state index in [0.29, 0.717) is 18.2 Å². The van der Waals surface area contributed by atoms with Crippen LogP contribution in [-0.2, 0) is 11.2 Å². The molecule has 4 rings (SSSR count). The molecule has 2 aromatic heterocycles. The van der Waals surface area contributed by atoms with E-state index in [-0.39, 0.29) is 23.9 Å². The average molecular weight is 424 g/mol.